The van der Waals surface area contributed by atoms with Crippen molar-refractivity contribution in [3.8, 4) is 12.3 Å². The highest BCUT2D eigenvalue weighted by molar-refractivity contribution is 5.39. The molecule has 0 aromatic carbocycles. The zero-order valence-corrected chi connectivity index (χ0v) is 21.1. The van der Waals surface area contributed by atoms with E-state index in [4.69, 9.17) is 6.42 Å². The van der Waals surface area contributed by atoms with Gasteiger partial charge in [-0.1, -0.05) is 98.5 Å². The second-order valence-electron chi connectivity index (χ2n) is 7.31. The molecule has 171 valence electrons. The minimum absolute atomic E-state index is 0. The first-order valence-electron chi connectivity index (χ1n) is 12.2. The first kappa shape index (κ1) is 30.3. The molecule has 0 spiro atoms. The summed E-state index contributed by atoms with van der Waals surface area (Å²) in [4.78, 5) is 0. The van der Waals surface area contributed by atoms with Crippen LogP contribution < -0.4 is 0 Å². The number of hydrogen-bond acceptors (Lipinski definition) is 0. The largest absolute Gasteiger partial charge is 0.124 e. The van der Waals surface area contributed by atoms with Crippen LogP contribution in [0.15, 0.2) is 53.0 Å². The Morgan fingerprint density at radius 3 is 2.17 bits per heavy atom. The molecule has 0 heteroatoms. The molecule has 0 amide bonds. The molecule has 0 saturated heterocycles. The molecule has 0 N–H and O–H groups in total. The standard InChI is InChI=1S/C21H23.C3H6.3C2H6.2H2/c1-5-17(3)15-18-11-10-14-21(4,16-18)20(6-2)19-12-8-7-9-13-19;1-2-3-1;3*1-2;;/h1,11H,2-3,7-8,10,12,14-16H2,4H3;1-3H2;3*1-2H3;2*1H. The quantitative estimate of drug-likeness (QED) is 0.245. The van der Waals surface area contributed by atoms with Gasteiger partial charge in [-0.25, -0.2) is 0 Å². The summed E-state index contributed by atoms with van der Waals surface area (Å²) >= 11 is 0. The summed E-state index contributed by atoms with van der Waals surface area (Å²) in [6.45, 7) is 22.2. The van der Waals surface area contributed by atoms with E-state index in [0.717, 1.165) is 50.5 Å². The molecule has 0 aromatic heterocycles. The molecule has 0 nitrogen and oxygen atoms in total. The molecule has 0 aromatic rings. The second kappa shape index (κ2) is 19.1. The Hall–Kier alpha value is -1.92. The van der Waals surface area contributed by atoms with Gasteiger partial charge in [0, 0.05) is 31.9 Å². The summed E-state index contributed by atoms with van der Waals surface area (Å²) in [5.41, 5.74) is 11.3. The summed E-state index contributed by atoms with van der Waals surface area (Å²) in [6, 6.07) is 0. The molecule has 1 fully saturated rings. The Morgan fingerprint density at radius 1 is 1.13 bits per heavy atom. The summed E-state index contributed by atoms with van der Waals surface area (Å²) in [6.07, 6.45) is 22.7. The van der Waals surface area contributed by atoms with Crippen LogP contribution in [0.2, 0.25) is 0 Å². The van der Waals surface area contributed by atoms with Crippen LogP contribution >= 0.6 is 0 Å². The van der Waals surface area contributed by atoms with Gasteiger partial charge in [-0.05, 0) is 44.1 Å². The molecular formula is C30H51. The SMILES string of the molecule is C#CC(=C)CC1=CCCC(C)(C(=C=C)C2=C=[C]CCC2)C1.C1CC1.CC.CC.CC.[HH].[HH]. The van der Waals surface area contributed by atoms with Crippen LogP contribution in [-0.2, 0) is 0 Å². The lowest BCUT2D eigenvalue weighted by molar-refractivity contribution is 0.348. The van der Waals surface area contributed by atoms with Crippen molar-refractivity contribution in [2.45, 2.75) is 113 Å². The third kappa shape index (κ3) is 11.9. The van der Waals surface area contributed by atoms with Gasteiger partial charge in [-0.2, -0.15) is 0 Å². The van der Waals surface area contributed by atoms with Crippen molar-refractivity contribution in [1.82, 2.24) is 0 Å². The van der Waals surface area contributed by atoms with E-state index >= 15 is 0 Å². The Balaban J connectivity index is -0.000000308. The van der Waals surface area contributed by atoms with E-state index in [2.05, 4.69) is 49.6 Å². The van der Waals surface area contributed by atoms with E-state index in [0.29, 0.717) is 0 Å². The molecule has 0 bridgehead atoms. The van der Waals surface area contributed by atoms with Crippen LogP contribution in [-0.4, -0.2) is 0 Å². The highest BCUT2D eigenvalue weighted by atomic mass is 14.4. The third-order valence-electron chi connectivity index (χ3n) is 4.79. The molecular weight excluding hydrogens is 360 g/mol. The lowest BCUT2D eigenvalue weighted by Crippen LogP contribution is -2.24. The average Bonchev–Trinajstić information content (AvgIpc) is 3.69. The monoisotopic (exact) mass is 411 g/mol. The zero-order valence-electron chi connectivity index (χ0n) is 21.1. The van der Waals surface area contributed by atoms with E-state index in [9.17, 15) is 0 Å². The first-order chi connectivity index (χ1) is 14.6. The van der Waals surface area contributed by atoms with Gasteiger partial charge in [-0.15, -0.1) is 17.9 Å². The Morgan fingerprint density at radius 2 is 1.73 bits per heavy atom. The van der Waals surface area contributed by atoms with Gasteiger partial charge in [0.05, 0.1) is 0 Å². The van der Waals surface area contributed by atoms with Crippen LogP contribution in [0, 0.1) is 23.8 Å². The average molecular weight is 412 g/mol. The maximum Gasteiger partial charge on any atom is 0.0105 e. The van der Waals surface area contributed by atoms with Gasteiger partial charge in [-0.3, -0.25) is 0 Å². The molecule has 1 saturated carbocycles. The van der Waals surface area contributed by atoms with Crippen molar-refractivity contribution < 1.29 is 2.85 Å². The predicted octanol–water partition coefficient (Wildman–Crippen LogP) is 10.2. The second-order valence-corrected chi connectivity index (χ2v) is 7.31. The van der Waals surface area contributed by atoms with Crippen molar-refractivity contribution in [3.05, 3.63) is 59.1 Å². The normalized spacial score (nSPS) is 20.1. The molecule has 1 unspecified atom stereocenters. The lowest BCUT2D eigenvalue weighted by atomic mass is 9.67. The van der Waals surface area contributed by atoms with Crippen molar-refractivity contribution in [2.75, 3.05) is 0 Å². The molecule has 1 radical (unpaired) electrons. The Kier molecular flexibility index (Phi) is 19.2. The van der Waals surface area contributed by atoms with Crippen LogP contribution in [0.4, 0.5) is 0 Å². The van der Waals surface area contributed by atoms with Crippen LogP contribution in [0.1, 0.15) is 116 Å². The van der Waals surface area contributed by atoms with Crippen LogP contribution in [0.5, 0.6) is 0 Å². The molecule has 3 aliphatic carbocycles. The van der Waals surface area contributed by atoms with Gasteiger partial charge in [0.1, 0.15) is 0 Å². The maximum atomic E-state index is 5.43. The van der Waals surface area contributed by atoms with Crippen LogP contribution in [0.25, 0.3) is 0 Å². The van der Waals surface area contributed by atoms with E-state index in [1.54, 1.807) is 0 Å². The third-order valence-corrected chi connectivity index (χ3v) is 4.79. The Bertz CT molecular complexity index is 669. The number of rotatable bonds is 4. The van der Waals surface area contributed by atoms with Gasteiger partial charge < -0.3 is 0 Å². The van der Waals surface area contributed by atoms with E-state index in [-0.39, 0.29) is 8.27 Å². The molecule has 3 rings (SSSR count). The summed E-state index contributed by atoms with van der Waals surface area (Å²) in [5.74, 6) is 2.65. The van der Waals surface area contributed by atoms with Crippen molar-refractivity contribution in [2.24, 2.45) is 5.41 Å². The summed E-state index contributed by atoms with van der Waals surface area (Å²) in [7, 11) is 0. The zero-order chi connectivity index (χ0) is 23.4. The van der Waals surface area contributed by atoms with E-state index < -0.39 is 0 Å². The summed E-state index contributed by atoms with van der Waals surface area (Å²) in [5, 5.41) is 0. The van der Waals surface area contributed by atoms with Gasteiger partial charge in [0.25, 0.3) is 0 Å². The number of allylic oxidation sites excluding steroid dienone is 5. The molecule has 30 heavy (non-hydrogen) atoms. The highest BCUT2D eigenvalue weighted by Gasteiger charge is 2.33. The first-order valence-corrected chi connectivity index (χ1v) is 12.2. The Labute approximate surface area is 192 Å². The van der Waals surface area contributed by atoms with Gasteiger partial charge in [0.2, 0.25) is 0 Å². The van der Waals surface area contributed by atoms with E-state index in [1.165, 1.54) is 36.0 Å². The van der Waals surface area contributed by atoms with Gasteiger partial charge >= 0.3 is 0 Å². The predicted molar refractivity (Wildman–Crippen MR) is 142 cm³/mol. The molecule has 1 atom stereocenters. The topological polar surface area (TPSA) is 0 Å². The summed E-state index contributed by atoms with van der Waals surface area (Å²) < 4.78 is 0. The number of terminal acetylenes is 1. The van der Waals surface area contributed by atoms with Crippen molar-refractivity contribution in [1.29, 1.82) is 0 Å². The molecule has 3 aliphatic rings. The molecule has 0 aliphatic heterocycles. The molecule has 0 heterocycles. The number of hydrogen-bond donors (Lipinski definition) is 0. The smallest absolute Gasteiger partial charge is 0.0105 e. The lowest BCUT2D eigenvalue weighted by Gasteiger charge is -2.36. The minimum Gasteiger partial charge on any atom is -0.124 e. The van der Waals surface area contributed by atoms with Gasteiger partial charge in [0.15, 0.2) is 0 Å². The van der Waals surface area contributed by atoms with E-state index in [1.807, 2.05) is 41.5 Å². The fourth-order valence-electron chi connectivity index (χ4n) is 3.39. The van der Waals surface area contributed by atoms with Crippen molar-refractivity contribution in [3.63, 3.8) is 0 Å². The minimum atomic E-state index is 0. The maximum absolute atomic E-state index is 5.43. The highest BCUT2D eigenvalue weighted by Crippen LogP contribution is 2.46. The fraction of sp³-hybridized carbons (Fsp3) is 0.600. The van der Waals surface area contributed by atoms with Crippen molar-refractivity contribution >= 4 is 0 Å². The fourth-order valence-corrected chi connectivity index (χ4v) is 3.39. The van der Waals surface area contributed by atoms with Crippen LogP contribution in [0.3, 0.4) is 0 Å².